The van der Waals surface area contributed by atoms with E-state index in [-0.39, 0.29) is 18.6 Å². The molecule has 0 saturated heterocycles. The van der Waals surface area contributed by atoms with Crippen molar-refractivity contribution in [3.05, 3.63) is 42.2 Å². The fourth-order valence-electron chi connectivity index (χ4n) is 3.43. The maximum atomic E-state index is 13.0. The molecule has 1 amide bonds. The van der Waals surface area contributed by atoms with Gasteiger partial charge in [0.2, 0.25) is 5.91 Å². The summed E-state index contributed by atoms with van der Waals surface area (Å²) in [5.74, 6) is -0.107. The highest BCUT2D eigenvalue weighted by Gasteiger charge is 2.43. The largest absolute Gasteiger partial charge is 0.394 e. The standard InChI is InChI=1S/C17H23N5O2/c23-12-15(11-14-7-3-1-4-8-14)19-16(24)17(9-5-2-6-10-17)22-13-18-20-21-22/h1,3-4,7-8,13,15,23H,2,5-6,9-12H2,(H,19,24). The van der Waals surface area contributed by atoms with E-state index in [0.29, 0.717) is 19.3 Å². The lowest BCUT2D eigenvalue weighted by Gasteiger charge is -2.36. The first kappa shape index (κ1) is 16.6. The van der Waals surface area contributed by atoms with Gasteiger partial charge in [-0.25, -0.2) is 4.68 Å². The Bertz CT molecular complexity index is 638. The molecule has 0 radical (unpaired) electrons. The van der Waals surface area contributed by atoms with Gasteiger partial charge in [0.25, 0.3) is 0 Å². The summed E-state index contributed by atoms with van der Waals surface area (Å²) >= 11 is 0. The van der Waals surface area contributed by atoms with Crippen molar-refractivity contribution in [1.29, 1.82) is 0 Å². The number of benzene rings is 1. The summed E-state index contributed by atoms with van der Waals surface area (Å²) < 4.78 is 1.58. The third-order valence-electron chi connectivity index (χ3n) is 4.77. The first-order chi connectivity index (χ1) is 11.7. The molecule has 2 aromatic rings. The van der Waals surface area contributed by atoms with E-state index in [1.807, 2.05) is 30.3 Å². The lowest BCUT2D eigenvalue weighted by Crippen LogP contribution is -2.54. The summed E-state index contributed by atoms with van der Waals surface area (Å²) in [5.41, 5.74) is 0.336. The van der Waals surface area contributed by atoms with Gasteiger partial charge in [0.05, 0.1) is 12.6 Å². The number of tetrazole rings is 1. The van der Waals surface area contributed by atoms with E-state index in [1.54, 1.807) is 4.68 Å². The minimum Gasteiger partial charge on any atom is -0.394 e. The molecule has 7 nitrogen and oxygen atoms in total. The van der Waals surface area contributed by atoms with Gasteiger partial charge in [0, 0.05) is 0 Å². The number of carbonyl (C=O) groups is 1. The second-order valence-electron chi connectivity index (χ2n) is 6.39. The van der Waals surface area contributed by atoms with Crippen LogP contribution in [0.4, 0.5) is 0 Å². The van der Waals surface area contributed by atoms with Crippen molar-refractivity contribution in [2.45, 2.75) is 50.1 Å². The van der Waals surface area contributed by atoms with Gasteiger partial charge >= 0.3 is 0 Å². The molecule has 1 unspecified atom stereocenters. The molecule has 1 aliphatic carbocycles. The van der Waals surface area contributed by atoms with Gasteiger partial charge in [-0.3, -0.25) is 4.79 Å². The number of nitrogens with zero attached hydrogens (tertiary/aromatic N) is 4. The first-order valence-electron chi connectivity index (χ1n) is 8.44. The summed E-state index contributed by atoms with van der Waals surface area (Å²) in [6, 6.07) is 9.52. The maximum Gasteiger partial charge on any atom is 0.248 e. The average Bonchev–Trinajstić information content (AvgIpc) is 3.17. The summed E-state index contributed by atoms with van der Waals surface area (Å²) in [6.07, 6.45) is 6.58. The molecule has 1 heterocycles. The van der Waals surface area contributed by atoms with E-state index >= 15 is 0 Å². The van der Waals surface area contributed by atoms with Crippen molar-refractivity contribution >= 4 is 5.91 Å². The number of rotatable bonds is 6. The van der Waals surface area contributed by atoms with E-state index in [9.17, 15) is 9.90 Å². The van der Waals surface area contributed by atoms with Crippen LogP contribution in [-0.4, -0.2) is 43.9 Å². The number of hydrogen-bond donors (Lipinski definition) is 2. The molecule has 1 atom stereocenters. The van der Waals surface area contributed by atoms with E-state index in [4.69, 9.17) is 0 Å². The van der Waals surface area contributed by atoms with Crippen LogP contribution in [0.15, 0.2) is 36.7 Å². The zero-order chi connectivity index (χ0) is 16.8. The molecule has 3 rings (SSSR count). The molecule has 2 N–H and O–H groups in total. The van der Waals surface area contributed by atoms with Crippen LogP contribution in [0.25, 0.3) is 0 Å². The number of amides is 1. The van der Waals surface area contributed by atoms with Gasteiger partial charge in [-0.1, -0.05) is 49.6 Å². The van der Waals surface area contributed by atoms with Crippen LogP contribution in [0.2, 0.25) is 0 Å². The van der Waals surface area contributed by atoms with Crippen LogP contribution in [0.5, 0.6) is 0 Å². The van der Waals surface area contributed by atoms with Gasteiger partial charge in [-0.05, 0) is 35.3 Å². The van der Waals surface area contributed by atoms with E-state index in [0.717, 1.165) is 24.8 Å². The molecule has 1 saturated carbocycles. The van der Waals surface area contributed by atoms with Crippen molar-refractivity contribution in [2.75, 3.05) is 6.61 Å². The van der Waals surface area contributed by atoms with Gasteiger partial charge in [-0.2, -0.15) is 0 Å². The van der Waals surface area contributed by atoms with E-state index in [1.165, 1.54) is 6.33 Å². The highest BCUT2D eigenvalue weighted by atomic mass is 16.3. The van der Waals surface area contributed by atoms with Crippen molar-refractivity contribution < 1.29 is 9.90 Å². The molecule has 0 bridgehead atoms. The highest BCUT2D eigenvalue weighted by molar-refractivity contribution is 5.84. The van der Waals surface area contributed by atoms with E-state index < -0.39 is 5.54 Å². The van der Waals surface area contributed by atoms with Crippen molar-refractivity contribution in [3.8, 4) is 0 Å². The summed E-state index contributed by atoms with van der Waals surface area (Å²) in [4.78, 5) is 13.0. The molecule has 1 fully saturated rings. The van der Waals surface area contributed by atoms with Crippen LogP contribution in [-0.2, 0) is 16.8 Å². The molecule has 1 aliphatic rings. The highest BCUT2D eigenvalue weighted by Crippen LogP contribution is 2.34. The van der Waals surface area contributed by atoms with Gasteiger partial charge in [0.1, 0.15) is 11.9 Å². The monoisotopic (exact) mass is 329 g/mol. The Labute approximate surface area is 141 Å². The number of aromatic nitrogens is 4. The van der Waals surface area contributed by atoms with Crippen molar-refractivity contribution in [3.63, 3.8) is 0 Å². The fourth-order valence-corrected chi connectivity index (χ4v) is 3.43. The SMILES string of the molecule is O=C(NC(CO)Cc1ccccc1)C1(n2cnnn2)CCCCC1. The minimum absolute atomic E-state index is 0.105. The van der Waals surface area contributed by atoms with Crippen LogP contribution in [0, 0.1) is 0 Å². The maximum absolute atomic E-state index is 13.0. The van der Waals surface area contributed by atoms with Crippen LogP contribution < -0.4 is 5.32 Å². The Kier molecular flexibility index (Phi) is 5.20. The van der Waals surface area contributed by atoms with Gasteiger partial charge in [-0.15, -0.1) is 5.10 Å². The molecule has 7 heteroatoms. The summed E-state index contributed by atoms with van der Waals surface area (Å²) in [5, 5.41) is 24.1. The smallest absolute Gasteiger partial charge is 0.248 e. The quantitative estimate of drug-likeness (QED) is 0.826. The van der Waals surface area contributed by atoms with Crippen molar-refractivity contribution in [1.82, 2.24) is 25.5 Å². The first-order valence-corrected chi connectivity index (χ1v) is 8.44. The average molecular weight is 329 g/mol. The lowest BCUT2D eigenvalue weighted by molar-refractivity contribution is -0.133. The molecule has 1 aromatic carbocycles. The fraction of sp³-hybridized carbons (Fsp3) is 0.529. The second-order valence-corrected chi connectivity index (χ2v) is 6.39. The molecule has 0 aliphatic heterocycles. The van der Waals surface area contributed by atoms with Gasteiger partial charge in [0.15, 0.2) is 0 Å². The lowest BCUT2D eigenvalue weighted by atomic mass is 9.80. The van der Waals surface area contributed by atoms with Crippen LogP contribution >= 0.6 is 0 Å². The van der Waals surface area contributed by atoms with Crippen molar-refractivity contribution in [2.24, 2.45) is 0 Å². The molecular formula is C17H23N5O2. The molecule has 0 spiro atoms. The topological polar surface area (TPSA) is 92.9 Å². The molecule has 1 aromatic heterocycles. The number of carbonyl (C=O) groups excluding carboxylic acids is 1. The minimum atomic E-state index is -0.744. The van der Waals surface area contributed by atoms with Crippen LogP contribution in [0.1, 0.15) is 37.7 Å². The second kappa shape index (κ2) is 7.53. The Morgan fingerprint density at radius 2 is 2.00 bits per heavy atom. The summed E-state index contributed by atoms with van der Waals surface area (Å²) in [7, 11) is 0. The number of aliphatic hydroxyl groups excluding tert-OH is 1. The predicted molar refractivity (Wildman–Crippen MR) is 88.0 cm³/mol. The zero-order valence-corrected chi connectivity index (χ0v) is 13.6. The number of aliphatic hydroxyl groups is 1. The summed E-state index contributed by atoms with van der Waals surface area (Å²) in [6.45, 7) is -0.105. The number of nitrogens with one attached hydrogen (secondary N) is 1. The predicted octanol–water partition coefficient (Wildman–Crippen LogP) is 1.05. The Morgan fingerprint density at radius 1 is 1.25 bits per heavy atom. The number of hydrogen-bond acceptors (Lipinski definition) is 5. The van der Waals surface area contributed by atoms with E-state index in [2.05, 4.69) is 20.8 Å². The normalized spacial score (nSPS) is 18.0. The third-order valence-corrected chi connectivity index (χ3v) is 4.77. The third kappa shape index (κ3) is 3.46. The van der Waals surface area contributed by atoms with Gasteiger partial charge < -0.3 is 10.4 Å². The molecule has 128 valence electrons. The molecular weight excluding hydrogens is 306 g/mol. The van der Waals surface area contributed by atoms with Crippen LogP contribution in [0.3, 0.4) is 0 Å². The Morgan fingerprint density at radius 3 is 2.62 bits per heavy atom. The zero-order valence-electron chi connectivity index (χ0n) is 13.6. The Balaban J connectivity index is 1.75. The molecule has 24 heavy (non-hydrogen) atoms. The Hall–Kier alpha value is -2.28.